The molecule has 5 aromatic rings. The average Bonchev–Trinajstić information content (AvgIpc) is 3.36. The highest BCUT2D eigenvalue weighted by Crippen LogP contribution is 2.27. The Kier molecular flexibility index (Phi) is 5.45. The van der Waals surface area contributed by atoms with Crippen molar-refractivity contribution in [2.24, 2.45) is 0 Å². The van der Waals surface area contributed by atoms with Crippen LogP contribution in [-0.2, 0) is 19.4 Å². The fourth-order valence-corrected chi connectivity index (χ4v) is 4.73. The summed E-state index contributed by atoms with van der Waals surface area (Å²) in [7, 11) is 0. The maximum Gasteiger partial charge on any atom is 0.335 e. The summed E-state index contributed by atoms with van der Waals surface area (Å²) in [6.45, 7) is 3.63. The number of aromatic carboxylic acids is 1. The summed E-state index contributed by atoms with van der Waals surface area (Å²) in [6, 6.07) is 19.7. The van der Waals surface area contributed by atoms with Crippen molar-refractivity contribution in [1.82, 2.24) is 19.9 Å². The Balaban J connectivity index is 1.19. The Morgan fingerprint density at radius 1 is 0.972 bits per heavy atom. The number of pyridine rings is 2. The second-order valence-corrected chi connectivity index (χ2v) is 9.09. The first-order valence-electron chi connectivity index (χ1n) is 12.1. The second kappa shape index (κ2) is 8.92. The van der Waals surface area contributed by atoms with Gasteiger partial charge >= 0.3 is 5.97 Å². The zero-order chi connectivity index (χ0) is 24.6. The normalized spacial score (nSPS) is 13.1. The van der Waals surface area contributed by atoms with Crippen LogP contribution in [0, 0.1) is 0 Å². The summed E-state index contributed by atoms with van der Waals surface area (Å²) >= 11 is 0. The Bertz CT molecular complexity index is 1570. The van der Waals surface area contributed by atoms with Crippen LogP contribution < -0.4 is 4.90 Å². The van der Waals surface area contributed by atoms with Gasteiger partial charge in [0, 0.05) is 36.6 Å². The summed E-state index contributed by atoms with van der Waals surface area (Å²) in [4.78, 5) is 31.0. The number of aromatic amines is 1. The van der Waals surface area contributed by atoms with E-state index < -0.39 is 5.97 Å². The SMILES string of the molecule is CCc1ccc2nc(-c3ccc(-c4ccc(N5CCc6ccc(C(=O)O)cc6C5)nc4)nc3)[nH]c2c1. The van der Waals surface area contributed by atoms with E-state index in [9.17, 15) is 9.90 Å². The van der Waals surface area contributed by atoms with E-state index >= 15 is 0 Å². The van der Waals surface area contributed by atoms with E-state index in [0.29, 0.717) is 12.1 Å². The first-order chi connectivity index (χ1) is 17.6. The maximum absolute atomic E-state index is 11.3. The van der Waals surface area contributed by atoms with Gasteiger partial charge in [-0.05, 0) is 78.1 Å². The van der Waals surface area contributed by atoms with Gasteiger partial charge in [0.25, 0.3) is 0 Å². The number of carboxylic acid groups (broad SMARTS) is 1. The molecule has 0 amide bonds. The summed E-state index contributed by atoms with van der Waals surface area (Å²) in [5.41, 5.74) is 8.55. The number of H-pyrrole nitrogens is 1. The molecular weight excluding hydrogens is 450 g/mol. The molecule has 0 unspecified atom stereocenters. The molecule has 0 radical (unpaired) electrons. The highest BCUT2D eigenvalue weighted by atomic mass is 16.4. The van der Waals surface area contributed by atoms with Gasteiger partial charge in [-0.2, -0.15) is 0 Å². The fraction of sp³-hybridized carbons (Fsp3) is 0.172. The van der Waals surface area contributed by atoms with E-state index in [2.05, 4.69) is 45.0 Å². The van der Waals surface area contributed by atoms with E-state index in [4.69, 9.17) is 4.98 Å². The number of anilines is 1. The van der Waals surface area contributed by atoms with Crippen molar-refractivity contribution in [2.45, 2.75) is 26.3 Å². The third-order valence-corrected chi connectivity index (χ3v) is 6.82. The molecule has 3 aromatic heterocycles. The molecule has 1 aliphatic rings. The number of fused-ring (bicyclic) bond motifs is 2. The number of carbonyl (C=O) groups is 1. The Morgan fingerprint density at radius 3 is 2.58 bits per heavy atom. The van der Waals surface area contributed by atoms with Crippen LogP contribution in [-0.4, -0.2) is 37.6 Å². The number of hydrogen-bond donors (Lipinski definition) is 2. The third kappa shape index (κ3) is 4.09. The highest BCUT2D eigenvalue weighted by Gasteiger charge is 2.19. The van der Waals surface area contributed by atoms with Crippen LogP contribution in [0.25, 0.3) is 33.7 Å². The van der Waals surface area contributed by atoms with E-state index in [1.807, 2.05) is 42.7 Å². The first-order valence-corrected chi connectivity index (χ1v) is 12.1. The zero-order valence-corrected chi connectivity index (χ0v) is 19.9. The van der Waals surface area contributed by atoms with Crippen LogP contribution in [0.15, 0.2) is 73.1 Å². The lowest BCUT2D eigenvalue weighted by atomic mass is 9.97. The molecule has 0 bridgehead atoms. The molecule has 0 aliphatic carbocycles. The molecule has 0 fully saturated rings. The molecule has 0 atom stereocenters. The lowest BCUT2D eigenvalue weighted by Crippen LogP contribution is -2.31. The van der Waals surface area contributed by atoms with Crippen LogP contribution >= 0.6 is 0 Å². The van der Waals surface area contributed by atoms with Crippen molar-refractivity contribution in [1.29, 1.82) is 0 Å². The second-order valence-electron chi connectivity index (χ2n) is 9.09. The molecule has 1 aliphatic heterocycles. The van der Waals surface area contributed by atoms with Gasteiger partial charge in [0.2, 0.25) is 0 Å². The van der Waals surface area contributed by atoms with Crippen molar-refractivity contribution in [3.05, 3.63) is 95.3 Å². The number of carboxylic acids is 1. The molecule has 0 spiro atoms. The van der Waals surface area contributed by atoms with E-state index in [-0.39, 0.29) is 0 Å². The number of aryl methyl sites for hydroxylation is 1. The third-order valence-electron chi connectivity index (χ3n) is 6.82. The van der Waals surface area contributed by atoms with Gasteiger partial charge in [0.15, 0.2) is 0 Å². The quantitative estimate of drug-likeness (QED) is 0.348. The van der Waals surface area contributed by atoms with Crippen molar-refractivity contribution in [3.8, 4) is 22.6 Å². The fourth-order valence-electron chi connectivity index (χ4n) is 4.73. The monoisotopic (exact) mass is 475 g/mol. The first kappa shape index (κ1) is 22.0. The molecule has 178 valence electrons. The van der Waals surface area contributed by atoms with Crippen LogP contribution in [0.3, 0.4) is 0 Å². The van der Waals surface area contributed by atoms with Crippen LogP contribution in [0.1, 0.15) is 34.0 Å². The minimum Gasteiger partial charge on any atom is -0.478 e. The molecule has 4 heterocycles. The number of hydrogen-bond acceptors (Lipinski definition) is 5. The van der Waals surface area contributed by atoms with Crippen LogP contribution in [0.5, 0.6) is 0 Å². The van der Waals surface area contributed by atoms with E-state index in [1.54, 1.807) is 12.1 Å². The number of aromatic nitrogens is 4. The molecule has 7 heteroatoms. The molecule has 6 rings (SSSR count). The summed E-state index contributed by atoms with van der Waals surface area (Å²) in [5, 5.41) is 9.31. The Hall–Kier alpha value is -4.52. The van der Waals surface area contributed by atoms with E-state index in [0.717, 1.165) is 64.4 Å². The van der Waals surface area contributed by atoms with Gasteiger partial charge in [-0.15, -0.1) is 0 Å². The predicted octanol–water partition coefficient (Wildman–Crippen LogP) is 5.51. The zero-order valence-electron chi connectivity index (χ0n) is 19.9. The number of benzene rings is 2. The lowest BCUT2D eigenvalue weighted by molar-refractivity contribution is 0.0696. The van der Waals surface area contributed by atoms with Gasteiger partial charge in [-0.25, -0.2) is 14.8 Å². The molecule has 36 heavy (non-hydrogen) atoms. The number of imidazole rings is 1. The standard InChI is InChI=1S/C29H25N5O2/c1-2-18-3-8-25-26(13-18)33-28(32-25)22-6-9-24(30-16-22)21-7-10-27(31-15-21)34-12-11-19-4-5-20(29(35)36)14-23(19)17-34/h3-10,13-16H,2,11-12,17H2,1H3,(H,32,33)(H,35,36). The molecular formula is C29H25N5O2. The summed E-state index contributed by atoms with van der Waals surface area (Å²) in [6.07, 6.45) is 5.53. The van der Waals surface area contributed by atoms with Crippen molar-refractivity contribution >= 4 is 22.8 Å². The average molecular weight is 476 g/mol. The van der Waals surface area contributed by atoms with Gasteiger partial charge in [-0.3, -0.25) is 4.98 Å². The summed E-state index contributed by atoms with van der Waals surface area (Å²) < 4.78 is 0. The lowest BCUT2D eigenvalue weighted by Gasteiger charge is -2.30. The molecule has 2 N–H and O–H groups in total. The predicted molar refractivity (Wildman–Crippen MR) is 140 cm³/mol. The van der Waals surface area contributed by atoms with Crippen molar-refractivity contribution in [3.63, 3.8) is 0 Å². The Labute approximate surface area is 208 Å². The highest BCUT2D eigenvalue weighted by molar-refractivity contribution is 5.88. The number of nitrogens with one attached hydrogen (secondary N) is 1. The Morgan fingerprint density at radius 2 is 1.83 bits per heavy atom. The minimum absolute atomic E-state index is 0.321. The smallest absolute Gasteiger partial charge is 0.335 e. The van der Waals surface area contributed by atoms with Crippen molar-refractivity contribution < 1.29 is 9.90 Å². The van der Waals surface area contributed by atoms with Gasteiger partial charge < -0.3 is 15.0 Å². The van der Waals surface area contributed by atoms with Crippen molar-refractivity contribution in [2.75, 3.05) is 11.4 Å². The molecule has 7 nitrogen and oxygen atoms in total. The number of nitrogens with zero attached hydrogens (tertiary/aromatic N) is 4. The van der Waals surface area contributed by atoms with Gasteiger partial charge in [0.1, 0.15) is 11.6 Å². The number of rotatable bonds is 5. The van der Waals surface area contributed by atoms with E-state index in [1.165, 1.54) is 11.1 Å². The molecule has 0 saturated heterocycles. The van der Waals surface area contributed by atoms with Gasteiger partial charge in [0.05, 0.1) is 22.3 Å². The van der Waals surface area contributed by atoms with Crippen LogP contribution in [0.2, 0.25) is 0 Å². The maximum atomic E-state index is 11.3. The molecule has 0 saturated carbocycles. The minimum atomic E-state index is -0.901. The van der Waals surface area contributed by atoms with Gasteiger partial charge in [-0.1, -0.05) is 19.1 Å². The largest absolute Gasteiger partial charge is 0.478 e. The van der Waals surface area contributed by atoms with Crippen LogP contribution in [0.4, 0.5) is 5.82 Å². The topological polar surface area (TPSA) is 95.0 Å². The summed E-state index contributed by atoms with van der Waals surface area (Å²) in [5.74, 6) is 0.777. The molecule has 2 aromatic carbocycles.